The fourth-order valence-electron chi connectivity index (χ4n) is 1.70. The molecule has 68 valence electrons. The Bertz CT molecular complexity index is 443. The molecular weight excluding hydrogens is 162 g/mol. The highest BCUT2D eigenvalue weighted by atomic mass is 16.3. The van der Waals surface area contributed by atoms with E-state index in [-0.39, 0.29) is 0 Å². The van der Waals surface area contributed by atoms with Crippen molar-refractivity contribution < 1.29 is 4.42 Å². The summed E-state index contributed by atoms with van der Waals surface area (Å²) in [6, 6.07) is 4.24. The third kappa shape index (κ3) is 1.23. The molecule has 0 aliphatic heterocycles. The van der Waals surface area contributed by atoms with Gasteiger partial charge in [0, 0.05) is 17.5 Å². The van der Waals surface area contributed by atoms with Gasteiger partial charge in [0.1, 0.15) is 5.58 Å². The van der Waals surface area contributed by atoms with E-state index in [0.717, 1.165) is 16.5 Å². The zero-order chi connectivity index (χ0) is 9.42. The van der Waals surface area contributed by atoms with E-state index in [1.165, 1.54) is 11.1 Å². The predicted octanol–water partition coefficient (Wildman–Crippen LogP) is 2.51. The third-order valence-electron chi connectivity index (χ3n) is 2.30. The molecule has 0 saturated carbocycles. The molecule has 2 aromatic rings. The molecule has 0 spiro atoms. The summed E-state index contributed by atoms with van der Waals surface area (Å²) in [5.41, 5.74) is 10.1. The first-order chi connectivity index (χ1) is 6.22. The lowest BCUT2D eigenvalue weighted by atomic mass is 10.1. The molecule has 0 aliphatic carbocycles. The molecule has 2 heteroatoms. The van der Waals surface area contributed by atoms with Crippen LogP contribution < -0.4 is 5.73 Å². The van der Waals surface area contributed by atoms with Crippen LogP contribution in [-0.2, 0) is 6.54 Å². The Labute approximate surface area is 77.3 Å². The van der Waals surface area contributed by atoms with E-state index in [9.17, 15) is 0 Å². The first kappa shape index (κ1) is 8.32. The van der Waals surface area contributed by atoms with Gasteiger partial charge in [-0.2, -0.15) is 0 Å². The number of rotatable bonds is 1. The Morgan fingerprint density at radius 3 is 2.77 bits per heavy atom. The Morgan fingerprint density at radius 2 is 2.08 bits per heavy atom. The van der Waals surface area contributed by atoms with Crippen LogP contribution in [0.5, 0.6) is 0 Å². The second-order valence-corrected chi connectivity index (χ2v) is 3.42. The summed E-state index contributed by atoms with van der Waals surface area (Å²) in [7, 11) is 0. The Kier molecular flexibility index (Phi) is 1.85. The topological polar surface area (TPSA) is 39.2 Å². The minimum Gasteiger partial charge on any atom is -0.464 e. The Balaban J connectivity index is 2.82. The fraction of sp³-hybridized carbons (Fsp3) is 0.273. The van der Waals surface area contributed by atoms with Gasteiger partial charge in [0.15, 0.2) is 0 Å². The standard InChI is InChI=1S/C11H13NO/c1-7-3-8(2)11-10(4-7)9(5-12)6-13-11/h3-4,6H,5,12H2,1-2H3. The van der Waals surface area contributed by atoms with Crippen molar-refractivity contribution in [3.8, 4) is 0 Å². The van der Waals surface area contributed by atoms with Gasteiger partial charge in [-0.3, -0.25) is 0 Å². The van der Waals surface area contributed by atoms with Gasteiger partial charge in [0.05, 0.1) is 6.26 Å². The van der Waals surface area contributed by atoms with Crippen molar-refractivity contribution in [2.75, 3.05) is 0 Å². The lowest BCUT2D eigenvalue weighted by Gasteiger charge is -1.98. The van der Waals surface area contributed by atoms with E-state index in [2.05, 4.69) is 26.0 Å². The van der Waals surface area contributed by atoms with E-state index >= 15 is 0 Å². The maximum atomic E-state index is 5.60. The molecule has 0 fully saturated rings. The molecule has 2 nitrogen and oxygen atoms in total. The molecule has 13 heavy (non-hydrogen) atoms. The summed E-state index contributed by atoms with van der Waals surface area (Å²) in [5, 5.41) is 1.15. The second-order valence-electron chi connectivity index (χ2n) is 3.42. The van der Waals surface area contributed by atoms with Crippen LogP contribution in [0.2, 0.25) is 0 Å². The maximum Gasteiger partial charge on any atom is 0.137 e. The van der Waals surface area contributed by atoms with Crippen LogP contribution >= 0.6 is 0 Å². The van der Waals surface area contributed by atoms with Crippen molar-refractivity contribution in [1.29, 1.82) is 0 Å². The van der Waals surface area contributed by atoms with E-state index in [0.29, 0.717) is 6.54 Å². The van der Waals surface area contributed by atoms with Crippen molar-refractivity contribution in [1.82, 2.24) is 0 Å². The molecule has 0 radical (unpaired) electrons. The molecule has 0 atom stereocenters. The van der Waals surface area contributed by atoms with Crippen LogP contribution in [0, 0.1) is 13.8 Å². The molecule has 0 amide bonds. The highest BCUT2D eigenvalue weighted by Crippen LogP contribution is 2.25. The molecular formula is C11H13NO. The zero-order valence-corrected chi connectivity index (χ0v) is 7.92. The van der Waals surface area contributed by atoms with Crippen LogP contribution in [0.1, 0.15) is 16.7 Å². The lowest BCUT2D eigenvalue weighted by Crippen LogP contribution is -1.94. The number of hydrogen-bond acceptors (Lipinski definition) is 2. The summed E-state index contributed by atoms with van der Waals surface area (Å²) >= 11 is 0. The second kappa shape index (κ2) is 2.89. The minimum atomic E-state index is 0.538. The third-order valence-corrected chi connectivity index (χ3v) is 2.30. The van der Waals surface area contributed by atoms with E-state index in [1.54, 1.807) is 6.26 Å². The first-order valence-corrected chi connectivity index (χ1v) is 4.40. The van der Waals surface area contributed by atoms with Crippen LogP contribution in [0.4, 0.5) is 0 Å². The molecule has 0 unspecified atom stereocenters. The fourth-order valence-corrected chi connectivity index (χ4v) is 1.70. The highest BCUT2D eigenvalue weighted by molar-refractivity contribution is 5.84. The van der Waals surface area contributed by atoms with Crippen molar-refractivity contribution >= 4 is 11.0 Å². The molecule has 2 rings (SSSR count). The van der Waals surface area contributed by atoms with Crippen molar-refractivity contribution in [3.63, 3.8) is 0 Å². The molecule has 1 aromatic carbocycles. The van der Waals surface area contributed by atoms with Gasteiger partial charge in [0.2, 0.25) is 0 Å². The number of fused-ring (bicyclic) bond motifs is 1. The Morgan fingerprint density at radius 1 is 1.31 bits per heavy atom. The molecule has 1 heterocycles. The van der Waals surface area contributed by atoms with Gasteiger partial charge in [-0.1, -0.05) is 6.07 Å². The summed E-state index contributed by atoms with van der Waals surface area (Å²) in [5.74, 6) is 0. The molecule has 1 aromatic heterocycles. The summed E-state index contributed by atoms with van der Waals surface area (Å²) in [4.78, 5) is 0. The van der Waals surface area contributed by atoms with E-state index < -0.39 is 0 Å². The predicted molar refractivity (Wildman–Crippen MR) is 53.6 cm³/mol. The number of hydrogen-bond donors (Lipinski definition) is 1. The Hall–Kier alpha value is -1.28. The quantitative estimate of drug-likeness (QED) is 0.723. The maximum absolute atomic E-state index is 5.60. The van der Waals surface area contributed by atoms with Crippen LogP contribution in [0.15, 0.2) is 22.8 Å². The van der Waals surface area contributed by atoms with Gasteiger partial charge in [-0.15, -0.1) is 0 Å². The van der Waals surface area contributed by atoms with Crippen molar-refractivity contribution in [3.05, 3.63) is 35.1 Å². The summed E-state index contributed by atoms with van der Waals surface area (Å²) in [6.45, 7) is 4.68. The minimum absolute atomic E-state index is 0.538. The monoisotopic (exact) mass is 175 g/mol. The highest BCUT2D eigenvalue weighted by Gasteiger charge is 2.06. The number of furan rings is 1. The molecule has 0 bridgehead atoms. The van der Waals surface area contributed by atoms with Crippen molar-refractivity contribution in [2.45, 2.75) is 20.4 Å². The van der Waals surface area contributed by atoms with E-state index in [1.807, 2.05) is 0 Å². The molecule has 0 saturated heterocycles. The average molecular weight is 175 g/mol. The van der Waals surface area contributed by atoms with Crippen LogP contribution in [0.25, 0.3) is 11.0 Å². The lowest BCUT2D eigenvalue weighted by molar-refractivity contribution is 0.608. The van der Waals surface area contributed by atoms with Gasteiger partial charge >= 0.3 is 0 Å². The first-order valence-electron chi connectivity index (χ1n) is 4.40. The largest absolute Gasteiger partial charge is 0.464 e. The average Bonchev–Trinajstić information content (AvgIpc) is 2.47. The van der Waals surface area contributed by atoms with E-state index in [4.69, 9.17) is 10.2 Å². The van der Waals surface area contributed by atoms with Gasteiger partial charge < -0.3 is 10.2 Å². The van der Waals surface area contributed by atoms with Gasteiger partial charge in [-0.25, -0.2) is 0 Å². The SMILES string of the molecule is Cc1cc(C)c2occ(CN)c2c1. The van der Waals surface area contributed by atoms with Gasteiger partial charge in [-0.05, 0) is 31.0 Å². The normalized spacial score (nSPS) is 11.0. The smallest absolute Gasteiger partial charge is 0.137 e. The van der Waals surface area contributed by atoms with Crippen molar-refractivity contribution in [2.24, 2.45) is 5.73 Å². The summed E-state index contributed by atoms with van der Waals surface area (Å²) < 4.78 is 5.45. The van der Waals surface area contributed by atoms with Gasteiger partial charge in [0.25, 0.3) is 0 Å². The number of aryl methyl sites for hydroxylation is 2. The molecule has 0 aliphatic rings. The number of nitrogens with two attached hydrogens (primary N) is 1. The number of benzene rings is 1. The summed E-state index contributed by atoms with van der Waals surface area (Å²) in [6.07, 6.45) is 1.75. The van der Waals surface area contributed by atoms with Crippen LogP contribution in [0.3, 0.4) is 0 Å². The zero-order valence-electron chi connectivity index (χ0n) is 7.92. The van der Waals surface area contributed by atoms with Crippen LogP contribution in [-0.4, -0.2) is 0 Å². The molecule has 2 N–H and O–H groups in total.